The molecule has 0 bridgehead atoms. The number of fused-ring (bicyclic) bond motifs is 1. The van der Waals surface area contributed by atoms with Crippen LogP contribution in [0.5, 0.6) is 0 Å². The van der Waals surface area contributed by atoms with Gasteiger partial charge in [0.25, 0.3) is 5.91 Å². The van der Waals surface area contributed by atoms with Gasteiger partial charge in [-0.25, -0.2) is 4.79 Å². The molecule has 1 saturated carbocycles. The lowest BCUT2D eigenvalue weighted by Gasteiger charge is -2.16. The van der Waals surface area contributed by atoms with Crippen LogP contribution in [-0.2, 0) is 4.79 Å². The molecule has 1 aliphatic carbocycles. The molecule has 2 fully saturated rings. The summed E-state index contributed by atoms with van der Waals surface area (Å²) < 4.78 is 1.59. The van der Waals surface area contributed by atoms with Crippen LogP contribution in [0.3, 0.4) is 0 Å². The first-order valence-electron chi connectivity index (χ1n) is 9.85. The molecule has 3 aromatic rings. The van der Waals surface area contributed by atoms with Gasteiger partial charge < -0.3 is 16.0 Å². The van der Waals surface area contributed by atoms with Crippen molar-refractivity contribution < 1.29 is 9.59 Å². The van der Waals surface area contributed by atoms with E-state index in [-0.39, 0.29) is 11.7 Å². The van der Waals surface area contributed by atoms with E-state index in [4.69, 9.17) is 11.6 Å². The van der Waals surface area contributed by atoms with E-state index in [2.05, 4.69) is 36.3 Å². The van der Waals surface area contributed by atoms with Gasteiger partial charge >= 0.3 is 6.03 Å². The van der Waals surface area contributed by atoms with Gasteiger partial charge in [-0.05, 0) is 37.5 Å². The first-order valence-corrected chi connectivity index (χ1v) is 10.2. The van der Waals surface area contributed by atoms with Gasteiger partial charge in [-0.3, -0.25) is 10.1 Å². The Bertz CT molecular complexity index is 1230. The summed E-state index contributed by atoms with van der Waals surface area (Å²) in [5.41, 5.74) is 2.12. The highest BCUT2D eigenvalue weighted by Crippen LogP contribution is 2.28. The number of nitrogens with one attached hydrogen (secondary N) is 4. The highest BCUT2D eigenvalue weighted by atomic mass is 35.5. The Morgan fingerprint density at radius 2 is 2.03 bits per heavy atom. The molecule has 1 unspecified atom stereocenters. The Hall–Kier alpha value is -3.66. The second-order valence-corrected chi connectivity index (χ2v) is 7.89. The average Bonchev–Trinajstić information content (AvgIpc) is 3.37. The van der Waals surface area contributed by atoms with Crippen molar-refractivity contribution >= 4 is 47.2 Å². The zero-order chi connectivity index (χ0) is 21.5. The van der Waals surface area contributed by atoms with E-state index in [1.807, 2.05) is 31.2 Å². The predicted octanol–water partition coefficient (Wildman–Crippen LogP) is 2.71. The maximum absolute atomic E-state index is 11.9. The zero-order valence-corrected chi connectivity index (χ0v) is 17.3. The number of hydrogen-bond donors (Lipinski definition) is 4. The fourth-order valence-electron chi connectivity index (χ4n) is 3.30. The minimum absolute atomic E-state index is 0.133. The normalized spacial score (nSPS) is 18.2. The third kappa shape index (κ3) is 3.89. The molecule has 1 aliphatic heterocycles. The molecule has 11 heteroatoms. The van der Waals surface area contributed by atoms with Crippen LogP contribution in [0.15, 0.2) is 36.2 Å². The molecular weight excluding hydrogens is 420 g/mol. The smallest absolute Gasteiger partial charge is 0.326 e. The van der Waals surface area contributed by atoms with E-state index in [1.165, 1.54) is 6.08 Å². The van der Waals surface area contributed by atoms with Crippen LogP contribution >= 0.6 is 11.6 Å². The van der Waals surface area contributed by atoms with Gasteiger partial charge in [-0.15, -0.1) is 0 Å². The lowest BCUT2D eigenvalue weighted by molar-refractivity contribution is -0.115. The number of aromatic nitrogens is 4. The van der Waals surface area contributed by atoms with Crippen molar-refractivity contribution in [2.45, 2.75) is 31.8 Å². The molecule has 3 heterocycles. The topological polar surface area (TPSA) is 125 Å². The van der Waals surface area contributed by atoms with Gasteiger partial charge in [0.1, 0.15) is 5.70 Å². The fraction of sp³-hybridized carbons (Fsp3) is 0.250. The number of anilines is 2. The van der Waals surface area contributed by atoms with Crippen LogP contribution in [0.1, 0.15) is 36.9 Å². The molecule has 1 saturated heterocycles. The van der Waals surface area contributed by atoms with Crippen molar-refractivity contribution in [3.63, 3.8) is 0 Å². The fourth-order valence-corrected chi connectivity index (χ4v) is 3.60. The highest BCUT2D eigenvalue weighted by Gasteiger charge is 2.26. The van der Waals surface area contributed by atoms with E-state index in [0.29, 0.717) is 34.2 Å². The lowest BCUT2D eigenvalue weighted by Crippen LogP contribution is -2.22. The molecule has 158 valence electrons. The van der Waals surface area contributed by atoms with E-state index in [0.717, 1.165) is 18.4 Å². The monoisotopic (exact) mass is 438 g/mol. The largest absolute Gasteiger partial charge is 0.351 e. The summed E-state index contributed by atoms with van der Waals surface area (Å²) >= 11 is 6.33. The number of urea groups is 1. The van der Waals surface area contributed by atoms with E-state index < -0.39 is 11.9 Å². The van der Waals surface area contributed by atoms with Gasteiger partial charge in [0.05, 0.1) is 12.2 Å². The molecule has 10 nitrogen and oxygen atoms in total. The van der Waals surface area contributed by atoms with E-state index in [9.17, 15) is 9.59 Å². The highest BCUT2D eigenvalue weighted by molar-refractivity contribution is 6.31. The summed E-state index contributed by atoms with van der Waals surface area (Å²) in [7, 11) is 0. The van der Waals surface area contributed by atoms with E-state index >= 15 is 0 Å². The van der Waals surface area contributed by atoms with Gasteiger partial charge in [0, 0.05) is 16.6 Å². The van der Waals surface area contributed by atoms with Crippen molar-refractivity contribution in [3.8, 4) is 0 Å². The molecule has 5 rings (SSSR count). The molecule has 4 N–H and O–H groups in total. The second kappa shape index (κ2) is 7.55. The molecule has 31 heavy (non-hydrogen) atoms. The summed E-state index contributed by atoms with van der Waals surface area (Å²) in [5, 5.41) is 16.3. The lowest BCUT2D eigenvalue weighted by atomic mass is 10.1. The minimum Gasteiger partial charge on any atom is -0.351 e. The number of rotatable bonds is 6. The molecule has 0 spiro atoms. The predicted molar refractivity (Wildman–Crippen MR) is 116 cm³/mol. The zero-order valence-electron chi connectivity index (χ0n) is 16.5. The Balaban J connectivity index is 1.54. The van der Waals surface area contributed by atoms with Gasteiger partial charge in [0.15, 0.2) is 5.65 Å². The van der Waals surface area contributed by atoms with Crippen molar-refractivity contribution in [1.82, 2.24) is 30.2 Å². The molecule has 3 amide bonds. The third-order valence-corrected chi connectivity index (χ3v) is 5.39. The Morgan fingerprint density at radius 3 is 2.74 bits per heavy atom. The Morgan fingerprint density at radius 1 is 1.23 bits per heavy atom. The number of halogens is 1. The number of benzene rings is 1. The summed E-state index contributed by atoms with van der Waals surface area (Å²) in [5.74, 6) is 0.439. The standard InChI is InChI=1S/C20H19ClN8O2/c1-10(13-4-2-3-5-14(13)21)23-18-26-16-11(8-15-17(30)27-20(31)25-15)9-22-29(16)19(28-18)24-12-6-7-12/h2-5,8-10,12H,6-7H2,1H3,(H2,23,24,26,28)(H2,25,27,30,31)/b15-8-. The summed E-state index contributed by atoms with van der Waals surface area (Å²) in [6, 6.07) is 7.22. The van der Waals surface area contributed by atoms with Crippen LogP contribution in [0, 0.1) is 0 Å². The molecule has 1 aromatic carbocycles. The number of amides is 3. The van der Waals surface area contributed by atoms with Crippen molar-refractivity contribution in [1.29, 1.82) is 0 Å². The van der Waals surface area contributed by atoms with Crippen LogP contribution in [0.25, 0.3) is 11.7 Å². The summed E-state index contributed by atoms with van der Waals surface area (Å²) in [6.45, 7) is 1.97. The summed E-state index contributed by atoms with van der Waals surface area (Å²) in [6.07, 6.45) is 5.25. The second-order valence-electron chi connectivity index (χ2n) is 7.48. The van der Waals surface area contributed by atoms with E-state index in [1.54, 1.807) is 10.7 Å². The van der Waals surface area contributed by atoms with Gasteiger partial charge in [0.2, 0.25) is 11.9 Å². The first kappa shape index (κ1) is 19.3. The number of carbonyl (C=O) groups excluding carboxylic acids is 2. The number of hydrogen-bond acceptors (Lipinski definition) is 7. The Labute approximate surface area is 182 Å². The van der Waals surface area contributed by atoms with Crippen molar-refractivity contribution in [2.75, 3.05) is 10.6 Å². The first-order chi connectivity index (χ1) is 15.0. The maximum Gasteiger partial charge on any atom is 0.326 e. The molecule has 0 radical (unpaired) electrons. The summed E-state index contributed by atoms with van der Waals surface area (Å²) in [4.78, 5) is 32.5. The molecular formula is C20H19ClN8O2. The van der Waals surface area contributed by atoms with Crippen molar-refractivity contribution in [3.05, 3.63) is 52.3 Å². The van der Waals surface area contributed by atoms with Gasteiger partial charge in [-0.2, -0.15) is 19.6 Å². The maximum atomic E-state index is 11.9. The van der Waals surface area contributed by atoms with Crippen LogP contribution in [0.4, 0.5) is 16.7 Å². The average molecular weight is 439 g/mol. The number of nitrogens with zero attached hydrogens (tertiary/aromatic N) is 4. The van der Waals surface area contributed by atoms with Crippen LogP contribution in [-0.4, -0.2) is 37.6 Å². The van der Waals surface area contributed by atoms with Gasteiger partial charge in [-0.1, -0.05) is 29.8 Å². The molecule has 2 aliphatic rings. The molecule has 1 atom stereocenters. The molecule has 2 aromatic heterocycles. The number of carbonyl (C=O) groups is 2. The quantitative estimate of drug-likeness (QED) is 0.344. The Kier molecular flexibility index (Phi) is 4.70. The SMILES string of the molecule is CC(Nc1nc(NC2CC2)n2ncc(/C=C3\NC(=O)NC3=O)c2n1)c1ccccc1Cl. The number of imide groups is 1. The van der Waals surface area contributed by atoms with Crippen molar-refractivity contribution in [2.24, 2.45) is 0 Å². The van der Waals surface area contributed by atoms with Crippen LogP contribution in [0.2, 0.25) is 5.02 Å². The third-order valence-electron chi connectivity index (χ3n) is 5.04. The van der Waals surface area contributed by atoms with Crippen LogP contribution < -0.4 is 21.3 Å². The minimum atomic E-state index is -0.561.